The molecular formula is C19H29F2IN4. The van der Waals surface area contributed by atoms with Gasteiger partial charge in [0.25, 0.3) is 0 Å². The fraction of sp³-hybridized carbons (Fsp3) is 0.632. The van der Waals surface area contributed by atoms with Gasteiger partial charge >= 0.3 is 0 Å². The van der Waals surface area contributed by atoms with Gasteiger partial charge in [0.2, 0.25) is 0 Å². The summed E-state index contributed by atoms with van der Waals surface area (Å²) in [5.74, 6) is -0.230. The molecule has 2 N–H and O–H groups in total. The minimum Gasteiger partial charge on any atom is -0.371 e. The summed E-state index contributed by atoms with van der Waals surface area (Å²) in [5, 5.41) is 6.95. The van der Waals surface area contributed by atoms with Crippen molar-refractivity contribution in [1.29, 1.82) is 0 Å². The van der Waals surface area contributed by atoms with Crippen molar-refractivity contribution in [2.75, 3.05) is 31.6 Å². The summed E-state index contributed by atoms with van der Waals surface area (Å²) in [6.07, 6.45) is 7.39. The van der Waals surface area contributed by atoms with Crippen LogP contribution < -0.4 is 15.5 Å². The van der Waals surface area contributed by atoms with Gasteiger partial charge in [0.15, 0.2) is 17.6 Å². The molecule has 26 heavy (non-hydrogen) atoms. The topological polar surface area (TPSA) is 39.7 Å². The molecule has 146 valence electrons. The Morgan fingerprint density at radius 2 is 1.92 bits per heavy atom. The summed E-state index contributed by atoms with van der Waals surface area (Å²) in [4.78, 5) is 6.45. The van der Waals surface area contributed by atoms with Gasteiger partial charge < -0.3 is 15.5 Å². The highest BCUT2D eigenvalue weighted by atomic mass is 127. The number of hydrogen-bond acceptors (Lipinski definition) is 2. The first-order valence-electron chi connectivity index (χ1n) is 9.33. The summed E-state index contributed by atoms with van der Waals surface area (Å²) in [6.45, 7) is 2.55. The van der Waals surface area contributed by atoms with Crippen molar-refractivity contribution < 1.29 is 8.78 Å². The smallest absolute Gasteiger partial charge is 0.191 e. The lowest BCUT2D eigenvalue weighted by Gasteiger charge is -2.25. The standard InChI is InChI=1S/C19H28F2N4.HI/c1-22-19(24-15-5-3-2-4-6-15)23-12-14-9-10-25(13-14)16-7-8-17(20)18(21)11-16;/h7-8,11,14-15H,2-6,9-10,12-13H2,1H3,(H2,22,23,24);1H. The third-order valence-corrected chi connectivity index (χ3v) is 5.28. The third-order valence-electron chi connectivity index (χ3n) is 5.28. The van der Waals surface area contributed by atoms with Crippen LogP contribution in [0.1, 0.15) is 38.5 Å². The molecule has 1 unspecified atom stereocenters. The molecule has 2 fully saturated rings. The van der Waals surface area contributed by atoms with Gasteiger partial charge in [0, 0.05) is 44.5 Å². The van der Waals surface area contributed by atoms with E-state index in [-0.39, 0.29) is 24.0 Å². The summed E-state index contributed by atoms with van der Waals surface area (Å²) < 4.78 is 26.5. The van der Waals surface area contributed by atoms with Gasteiger partial charge in [-0.2, -0.15) is 0 Å². The fourth-order valence-corrected chi connectivity index (χ4v) is 3.79. The Morgan fingerprint density at radius 1 is 1.15 bits per heavy atom. The third kappa shape index (κ3) is 5.69. The van der Waals surface area contributed by atoms with Crippen LogP contribution >= 0.6 is 24.0 Å². The Labute approximate surface area is 171 Å². The molecule has 0 radical (unpaired) electrons. The molecule has 0 bridgehead atoms. The molecule has 1 saturated heterocycles. The highest BCUT2D eigenvalue weighted by Gasteiger charge is 2.24. The van der Waals surface area contributed by atoms with E-state index in [0.29, 0.717) is 12.0 Å². The molecule has 4 nitrogen and oxygen atoms in total. The first kappa shape index (κ1) is 21.2. The van der Waals surface area contributed by atoms with E-state index in [9.17, 15) is 8.78 Å². The SMILES string of the molecule is CN=C(NCC1CCN(c2ccc(F)c(F)c2)C1)NC1CCCCC1.I. The number of hydrogen-bond donors (Lipinski definition) is 2. The number of rotatable bonds is 4. The van der Waals surface area contributed by atoms with Crippen molar-refractivity contribution in [3.8, 4) is 0 Å². The van der Waals surface area contributed by atoms with Crippen molar-refractivity contribution in [2.45, 2.75) is 44.6 Å². The Morgan fingerprint density at radius 3 is 2.62 bits per heavy atom. The maximum atomic E-state index is 13.4. The molecule has 1 saturated carbocycles. The second-order valence-corrected chi connectivity index (χ2v) is 7.13. The molecule has 1 aromatic carbocycles. The number of nitrogens with one attached hydrogen (secondary N) is 2. The Hall–Kier alpha value is -1.12. The van der Waals surface area contributed by atoms with E-state index in [4.69, 9.17) is 0 Å². The van der Waals surface area contributed by atoms with E-state index in [1.807, 2.05) is 0 Å². The first-order valence-corrected chi connectivity index (χ1v) is 9.33. The fourth-order valence-electron chi connectivity index (χ4n) is 3.79. The number of nitrogens with zero attached hydrogens (tertiary/aromatic N) is 2. The van der Waals surface area contributed by atoms with E-state index in [1.54, 1.807) is 13.1 Å². The Balaban J connectivity index is 0.00000243. The predicted octanol–water partition coefficient (Wildman–Crippen LogP) is 3.91. The van der Waals surface area contributed by atoms with E-state index in [2.05, 4.69) is 20.5 Å². The van der Waals surface area contributed by atoms with Crippen molar-refractivity contribution in [3.05, 3.63) is 29.8 Å². The Kier molecular flexibility index (Phi) is 8.37. The number of guanidine groups is 1. The largest absolute Gasteiger partial charge is 0.371 e. The zero-order valence-corrected chi connectivity index (χ0v) is 17.6. The van der Waals surface area contributed by atoms with Crippen molar-refractivity contribution in [1.82, 2.24) is 10.6 Å². The second-order valence-electron chi connectivity index (χ2n) is 7.13. The minimum atomic E-state index is -0.793. The molecule has 0 amide bonds. The monoisotopic (exact) mass is 478 g/mol. The van der Waals surface area contributed by atoms with Crippen molar-refractivity contribution in [3.63, 3.8) is 0 Å². The van der Waals surface area contributed by atoms with E-state index in [1.165, 1.54) is 44.2 Å². The average Bonchev–Trinajstić information content (AvgIpc) is 3.11. The van der Waals surface area contributed by atoms with Gasteiger partial charge in [-0.15, -0.1) is 24.0 Å². The van der Waals surface area contributed by atoms with Crippen LogP contribution in [0, 0.1) is 17.6 Å². The highest BCUT2D eigenvalue weighted by molar-refractivity contribution is 14.0. The van der Waals surface area contributed by atoms with Gasteiger partial charge in [-0.3, -0.25) is 4.99 Å². The predicted molar refractivity (Wildman–Crippen MR) is 113 cm³/mol. The number of halogens is 3. The molecule has 0 aromatic heterocycles. The summed E-state index contributed by atoms with van der Waals surface area (Å²) in [5.41, 5.74) is 0.756. The van der Waals surface area contributed by atoms with Gasteiger partial charge in [0.1, 0.15) is 0 Å². The van der Waals surface area contributed by atoms with E-state index in [0.717, 1.165) is 37.7 Å². The van der Waals surface area contributed by atoms with Crippen molar-refractivity contribution in [2.24, 2.45) is 10.9 Å². The van der Waals surface area contributed by atoms with Gasteiger partial charge in [-0.25, -0.2) is 8.78 Å². The molecule has 1 heterocycles. The van der Waals surface area contributed by atoms with Crippen LogP contribution in [0.15, 0.2) is 23.2 Å². The molecule has 1 aliphatic carbocycles. The lowest BCUT2D eigenvalue weighted by Crippen LogP contribution is -2.45. The lowest BCUT2D eigenvalue weighted by molar-refractivity contribution is 0.408. The van der Waals surface area contributed by atoms with Crippen LogP contribution in [0.2, 0.25) is 0 Å². The molecule has 1 aliphatic heterocycles. The zero-order valence-electron chi connectivity index (χ0n) is 15.3. The van der Waals surface area contributed by atoms with Crippen LogP contribution in [0.25, 0.3) is 0 Å². The van der Waals surface area contributed by atoms with Crippen molar-refractivity contribution >= 4 is 35.6 Å². The highest BCUT2D eigenvalue weighted by Crippen LogP contribution is 2.25. The number of anilines is 1. The summed E-state index contributed by atoms with van der Waals surface area (Å²) >= 11 is 0. The molecular weight excluding hydrogens is 449 g/mol. The Bertz CT molecular complexity index is 605. The molecule has 3 rings (SSSR count). The summed E-state index contributed by atoms with van der Waals surface area (Å²) in [6, 6.07) is 4.67. The van der Waals surface area contributed by atoms with Gasteiger partial charge in [0.05, 0.1) is 0 Å². The molecule has 0 spiro atoms. The maximum absolute atomic E-state index is 13.4. The second kappa shape index (κ2) is 10.3. The van der Waals surface area contributed by atoms with E-state index >= 15 is 0 Å². The van der Waals surface area contributed by atoms with Crippen LogP contribution in [-0.4, -0.2) is 38.7 Å². The van der Waals surface area contributed by atoms with Gasteiger partial charge in [-0.05, 0) is 37.3 Å². The quantitative estimate of drug-likeness (QED) is 0.392. The summed E-state index contributed by atoms with van der Waals surface area (Å²) in [7, 11) is 1.81. The number of aliphatic imine (C=N–C) groups is 1. The first-order chi connectivity index (χ1) is 12.2. The van der Waals surface area contributed by atoms with Crippen LogP contribution in [0.3, 0.4) is 0 Å². The molecule has 2 aliphatic rings. The van der Waals surface area contributed by atoms with Crippen LogP contribution in [0.4, 0.5) is 14.5 Å². The molecule has 7 heteroatoms. The zero-order chi connectivity index (χ0) is 17.6. The van der Waals surface area contributed by atoms with E-state index < -0.39 is 11.6 Å². The molecule has 1 atom stereocenters. The minimum absolute atomic E-state index is 0. The normalized spacial score (nSPS) is 21.4. The van der Waals surface area contributed by atoms with Crippen LogP contribution in [0.5, 0.6) is 0 Å². The average molecular weight is 478 g/mol. The van der Waals surface area contributed by atoms with Crippen LogP contribution in [-0.2, 0) is 0 Å². The molecule has 1 aromatic rings. The maximum Gasteiger partial charge on any atom is 0.191 e. The lowest BCUT2D eigenvalue weighted by atomic mass is 9.96. The number of benzene rings is 1. The van der Waals surface area contributed by atoms with Gasteiger partial charge in [-0.1, -0.05) is 19.3 Å².